The molecule has 2 rings (SSSR count). The van der Waals surface area contributed by atoms with Gasteiger partial charge in [-0.15, -0.1) is 0 Å². The van der Waals surface area contributed by atoms with Gasteiger partial charge in [0, 0.05) is 6.20 Å². The maximum absolute atomic E-state index is 9.01. The van der Waals surface area contributed by atoms with Crippen molar-refractivity contribution < 1.29 is 4.74 Å². The number of hydrogen-bond donors (Lipinski definition) is 0. The Kier molecular flexibility index (Phi) is 2.36. The molecular weight excluding hydrogens is 176 g/mol. The van der Waals surface area contributed by atoms with E-state index in [2.05, 4.69) is 11.1 Å². The fraction of sp³-hybridized carbons (Fsp3) is 0.455. The molecule has 0 saturated heterocycles. The van der Waals surface area contributed by atoms with E-state index in [0.29, 0.717) is 17.4 Å². The zero-order valence-corrected chi connectivity index (χ0v) is 8.16. The van der Waals surface area contributed by atoms with Gasteiger partial charge in [0.15, 0.2) is 5.75 Å². The van der Waals surface area contributed by atoms with Gasteiger partial charge in [-0.3, -0.25) is 4.98 Å². The summed E-state index contributed by atoms with van der Waals surface area (Å²) >= 11 is 0. The molecule has 0 bridgehead atoms. The lowest BCUT2D eigenvalue weighted by molar-refractivity contribution is 0.300. The number of aromatic nitrogens is 1. The third-order valence-corrected chi connectivity index (χ3v) is 2.30. The molecule has 72 valence electrons. The van der Waals surface area contributed by atoms with Crippen LogP contribution in [0.2, 0.25) is 0 Å². The minimum absolute atomic E-state index is 0.316. The lowest BCUT2D eigenvalue weighted by atomic mass is 10.1. The second kappa shape index (κ2) is 3.67. The summed E-state index contributed by atoms with van der Waals surface area (Å²) in [5.74, 6) is 0.648. The fourth-order valence-electron chi connectivity index (χ4n) is 1.33. The van der Waals surface area contributed by atoms with Crippen LogP contribution in [0.1, 0.15) is 30.9 Å². The van der Waals surface area contributed by atoms with Gasteiger partial charge in [-0.1, -0.05) is 6.92 Å². The Morgan fingerprint density at radius 2 is 2.36 bits per heavy atom. The van der Waals surface area contributed by atoms with Crippen molar-refractivity contribution in [1.82, 2.24) is 4.98 Å². The van der Waals surface area contributed by atoms with Crippen molar-refractivity contribution in [1.29, 1.82) is 5.26 Å². The average Bonchev–Trinajstić information content (AvgIpc) is 3.01. The molecule has 3 nitrogen and oxygen atoms in total. The summed E-state index contributed by atoms with van der Waals surface area (Å²) in [7, 11) is 0. The van der Waals surface area contributed by atoms with Gasteiger partial charge < -0.3 is 4.74 Å². The lowest BCUT2D eigenvalue weighted by Crippen LogP contribution is -2.01. The van der Waals surface area contributed by atoms with Gasteiger partial charge in [-0.25, -0.2) is 0 Å². The Morgan fingerprint density at radius 1 is 1.57 bits per heavy atom. The highest BCUT2D eigenvalue weighted by Crippen LogP contribution is 2.29. The number of ether oxygens (including phenoxy) is 1. The Labute approximate surface area is 83.3 Å². The lowest BCUT2D eigenvalue weighted by Gasteiger charge is -2.07. The number of pyridine rings is 1. The topological polar surface area (TPSA) is 45.9 Å². The third kappa shape index (κ3) is 1.69. The van der Waals surface area contributed by atoms with Crippen LogP contribution in [-0.4, -0.2) is 11.1 Å². The summed E-state index contributed by atoms with van der Waals surface area (Å²) in [4.78, 5) is 4.07. The molecule has 0 N–H and O–H groups in total. The van der Waals surface area contributed by atoms with Gasteiger partial charge in [0.05, 0.1) is 12.3 Å². The zero-order valence-electron chi connectivity index (χ0n) is 8.16. The van der Waals surface area contributed by atoms with Crippen LogP contribution in [0.25, 0.3) is 0 Å². The molecule has 1 aliphatic rings. The van der Waals surface area contributed by atoms with E-state index < -0.39 is 0 Å². The van der Waals surface area contributed by atoms with Crippen molar-refractivity contribution in [2.24, 2.45) is 0 Å². The summed E-state index contributed by atoms with van der Waals surface area (Å²) in [6.07, 6.45) is 6.70. The molecule has 3 heteroatoms. The average molecular weight is 188 g/mol. The van der Waals surface area contributed by atoms with E-state index >= 15 is 0 Å². The molecule has 0 amide bonds. The second-order valence-electron chi connectivity index (χ2n) is 3.45. The largest absolute Gasteiger partial charge is 0.487 e. The van der Waals surface area contributed by atoms with Gasteiger partial charge in [-0.05, 0) is 24.8 Å². The molecule has 1 aromatic heterocycles. The van der Waals surface area contributed by atoms with Crippen LogP contribution in [-0.2, 0) is 6.42 Å². The van der Waals surface area contributed by atoms with Crippen LogP contribution in [0.4, 0.5) is 0 Å². The number of hydrogen-bond acceptors (Lipinski definition) is 3. The molecule has 1 fully saturated rings. The van der Waals surface area contributed by atoms with Crippen LogP contribution in [0.15, 0.2) is 12.4 Å². The molecular formula is C11H12N2O. The Bertz CT molecular complexity index is 377. The highest BCUT2D eigenvalue weighted by atomic mass is 16.5. The van der Waals surface area contributed by atoms with Crippen molar-refractivity contribution in [3.05, 3.63) is 23.5 Å². The minimum Gasteiger partial charge on any atom is -0.487 e. The first-order valence-corrected chi connectivity index (χ1v) is 4.88. The molecule has 0 radical (unpaired) electrons. The highest BCUT2D eigenvalue weighted by Gasteiger charge is 2.25. The van der Waals surface area contributed by atoms with Gasteiger partial charge in [0.2, 0.25) is 0 Å². The Balaban J connectivity index is 2.32. The Morgan fingerprint density at radius 3 is 2.93 bits per heavy atom. The minimum atomic E-state index is 0.316. The predicted molar refractivity (Wildman–Crippen MR) is 52.0 cm³/mol. The first-order chi connectivity index (χ1) is 6.85. The number of nitrogens with zero attached hydrogens (tertiary/aromatic N) is 2. The monoisotopic (exact) mass is 188 g/mol. The van der Waals surface area contributed by atoms with E-state index in [4.69, 9.17) is 10.00 Å². The van der Waals surface area contributed by atoms with Crippen molar-refractivity contribution in [3.8, 4) is 11.8 Å². The summed E-state index contributed by atoms with van der Waals surface area (Å²) in [5.41, 5.74) is 1.61. The molecule has 0 unspecified atom stereocenters. The van der Waals surface area contributed by atoms with Crippen LogP contribution in [0.3, 0.4) is 0 Å². The van der Waals surface area contributed by atoms with Crippen LogP contribution in [0.5, 0.6) is 5.75 Å². The summed E-state index contributed by atoms with van der Waals surface area (Å²) in [5, 5.41) is 9.01. The zero-order chi connectivity index (χ0) is 9.97. The molecule has 0 spiro atoms. The normalized spacial score (nSPS) is 14.9. The van der Waals surface area contributed by atoms with Gasteiger partial charge in [0.1, 0.15) is 11.6 Å². The van der Waals surface area contributed by atoms with E-state index in [1.54, 1.807) is 12.4 Å². The molecule has 14 heavy (non-hydrogen) atoms. The van der Waals surface area contributed by atoms with E-state index in [1.165, 1.54) is 0 Å². The summed E-state index contributed by atoms with van der Waals surface area (Å²) in [6.45, 7) is 2.01. The smallest absolute Gasteiger partial charge is 0.156 e. The van der Waals surface area contributed by atoms with Crippen molar-refractivity contribution in [2.75, 3.05) is 0 Å². The quantitative estimate of drug-likeness (QED) is 0.729. The molecule has 1 aliphatic carbocycles. The number of nitriles is 1. The van der Waals surface area contributed by atoms with Gasteiger partial charge >= 0.3 is 0 Å². The standard InChI is InChI=1S/C11H12N2O/c1-2-8-6-13-7-11(10(8)5-12)14-9-3-4-9/h6-7,9H,2-4H2,1H3. The van der Waals surface area contributed by atoms with E-state index in [1.807, 2.05) is 6.92 Å². The molecule has 0 aliphatic heterocycles. The fourth-order valence-corrected chi connectivity index (χ4v) is 1.33. The van der Waals surface area contributed by atoms with Gasteiger partial charge in [-0.2, -0.15) is 5.26 Å². The van der Waals surface area contributed by atoms with Crippen molar-refractivity contribution >= 4 is 0 Å². The molecule has 0 aromatic carbocycles. The van der Waals surface area contributed by atoms with Crippen LogP contribution < -0.4 is 4.74 Å². The summed E-state index contributed by atoms with van der Waals surface area (Å²) < 4.78 is 5.60. The molecule has 1 aromatic rings. The predicted octanol–water partition coefficient (Wildman–Crippen LogP) is 2.06. The SMILES string of the molecule is CCc1cncc(OC2CC2)c1C#N. The first-order valence-electron chi connectivity index (χ1n) is 4.88. The van der Waals surface area contributed by atoms with E-state index in [9.17, 15) is 0 Å². The maximum Gasteiger partial charge on any atom is 0.156 e. The third-order valence-electron chi connectivity index (χ3n) is 2.30. The van der Waals surface area contributed by atoms with E-state index in [0.717, 1.165) is 24.8 Å². The first kappa shape index (κ1) is 9.01. The number of rotatable bonds is 3. The summed E-state index contributed by atoms with van der Waals surface area (Å²) in [6, 6.07) is 2.18. The molecule has 1 heterocycles. The van der Waals surface area contributed by atoms with Gasteiger partial charge in [0.25, 0.3) is 0 Å². The van der Waals surface area contributed by atoms with Crippen LogP contribution >= 0.6 is 0 Å². The van der Waals surface area contributed by atoms with Crippen LogP contribution in [0, 0.1) is 11.3 Å². The second-order valence-corrected chi connectivity index (χ2v) is 3.45. The Hall–Kier alpha value is -1.56. The van der Waals surface area contributed by atoms with Crippen molar-refractivity contribution in [3.63, 3.8) is 0 Å². The highest BCUT2D eigenvalue weighted by molar-refractivity contribution is 5.46. The van der Waals surface area contributed by atoms with E-state index in [-0.39, 0.29) is 0 Å². The maximum atomic E-state index is 9.01. The van der Waals surface area contributed by atoms with Crippen molar-refractivity contribution in [2.45, 2.75) is 32.3 Å². The number of aryl methyl sites for hydroxylation is 1. The molecule has 0 atom stereocenters. The molecule has 1 saturated carbocycles.